The summed E-state index contributed by atoms with van der Waals surface area (Å²) >= 11 is 4.99. The molecule has 0 unspecified atom stereocenters. The number of urea groups is 1. The zero-order valence-corrected chi connectivity index (χ0v) is 8.96. The van der Waals surface area contributed by atoms with Gasteiger partial charge in [0.25, 0.3) is 0 Å². The van der Waals surface area contributed by atoms with E-state index in [-0.39, 0.29) is 6.03 Å². The molecule has 5 heteroatoms. The molecule has 0 spiro atoms. The fourth-order valence-electron chi connectivity index (χ4n) is 0.700. The first-order chi connectivity index (χ1) is 5.74. The Labute approximate surface area is 83.3 Å². The predicted octanol–water partition coefficient (Wildman–Crippen LogP) is 1.94. The molecule has 0 aliphatic heterocycles. The summed E-state index contributed by atoms with van der Waals surface area (Å²) in [7, 11) is 1.60. The normalized spacial score (nSPS) is 9.50. The number of nitrogens with one attached hydrogen (secondary N) is 2. The molecular weight excluding hydrogens is 240 g/mol. The molecule has 1 aromatic heterocycles. The van der Waals surface area contributed by atoms with Crippen molar-refractivity contribution in [2.75, 3.05) is 7.05 Å². The molecule has 66 valence electrons. The van der Waals surface area contributed by atoms with Gasteiger partial charge in [0.05, 0.1) is 6.54 Å². The van der Waals surface area contributed by atoms with Crippen molar-refractivity contribution < 1.29 is 4.79 Å². The van der Waals surface area contributed by atoms with Gasteiger partial charge in [0, 0.05) is 16.4 Å². The van der Waals surface area contributed by atoms with E-state index in [0.717, 1.165) is 9.35 Å². The van der Waals surface area contributed by atoms with Crippen molar-refractivity contribution in [1.29, 1.82) is 0 Å². The topological polar surface area (TPSA) is 41.1 Å². The average Bonchev–Trinajstić information content (AvgIpc) is 2.47. The minimum atomic E-state index is -0.157. The van der Waals surface area contributed by atoms with Crippen molar-refractivity contribution >= 4 is 33.3 Å². The van der Waals surface area contributed by atoms with Gasteiger partial charge in [-0.25, -0.2) is 4.79 Å². The summed E-state index contributed by atoms with van der Waals surface area (Å²) in [6.45, 7) is 0.567. The second-order valence-electron chi connectivity index (χ2n) is 2.12. The molecule has 1 aromatic rings. The van der Waals surface area contributed by atoms with Gasteiger partial charge >= 0.3 is 6.03 Å². The lowest BCUT2D eigenvalue weighted by molar-refractivity contribution is 0.242. The van der Waals surface area contributed by atoms with Gasteiger partial charge in [0.15, 0.2) is 0 Å². The zero-order valence-electron chi connectivity index (χ0n) is 6.56. The number of hydrogen-bond donors (Lipinski definition) is 2. The third-order valence-corrected chi connectivity index (χ3v) is 3.25. The molecule has 0 bridgehead atoms. The molecule has 0 atom stereocenters. The number of amides is 2. The van der Waals surface area contributed by atoms with Crippen LogP contribution in [0, 0.1) is 0 Å². The van der Waals surface area contributed by atoms with Crippen LogP contribution in [0.25, 0.3) is 0 Å². The Hall–Kier alpha value is -0.550. The van der Waals surface area contributed by atoms with Gasteiger partial charge in [-0.3, -0.25) is 0 Å². The van der Waals surface area contributed by atoms with E-state index in [9.17, 15) is 4.79 Å². The van der Waals surface area contributed by atoms with E-state index in [4.69, 9.17) is 0 Å². The SMILES string of the molecule is CNC(=O)NCc1sccc1Br. The highest BCUT2D eigenvalue weighted by Crippen LogP contribution is 2.21. The van der Waals surface area contributed by atoms with Gasteiger partial charge < -0.3 is 10.6 Å². The number of rotatable bonds is 2. The van der Waals surface area contributed by atoms with Crippen LogP contribution in [-0.4, -0.2) is 13.1 Å². The van der Waals surface area contributed by atoms with Crippen LogP contribution in [0.15, 0.2) is 15.9 Å². The van der Waals surface area contributed by atoms with Gasteiger partial charge in [0.1, 0.15) is 0 Å². The molecule has 0 radical (unpaired) electrons. The Balaban J connectivity index is 2.43. The molecule has 0 aromatic carbocycles. The summed E-state index contributed by atoms with van der Waals surface area (Å²) < 4.78 is 1.05. The highest BCUT2D eigenvalue weighted by molar-refractivity contribution is 9.10. The Kier molecular flexibility index (Phi) is 3.55. The molecule has 0 fully saturated rings. The summed E-state index contributed by atoms with van der Waals surface area (Å²) in [4.78, 5) is 11.9. The first-order valence-corrected chi connectivity index (χ1v) is 5.08. The zero-order chi connectivity index (χ0) is 8.97. The van der Waals surface area contributed by atoms with E-state index in [1.807, 2.05) is 11.4 Å². The van der Waals surface area contributed by atoms with Crippen LogP contribution in [0.4, 0.5) is 4.79 Å². The molecule has 2 N–H and O–H groups in total. The minimum absolute atomic E-state index is 0.157. The number of carbonyl (C=O) groups excluding carboxylic acids is 1. The summed E-state index contributed by atoms with van der Waals surface area (Å²) in [5.74, 6) is 0. The summed E-state index contributed by atoms with van der Waals surface area (Å²) in [5.41, 5.74) is 0. The van der Waals surface area contributed by atoms with Crippen molar-refractivity contribution in [2.24, 2.45) is 0 Å². The van der Waals surface area contributed by atoms with Crippen LogP contribution >= 0.6 is 27.3 Å². The largest absolute Gasteiger partial charge is 0.341 e. The van der Waals surface area contributed by atoms with Crippen molar-refractivity contribution in [3.63, 3.8) is 0 Å². The molecule has 0 aliphatic carbocycles. The summed E-state index contributed by atoms with van der Waals surface area (Å²) in [5, 5.41) is 7.17. The van der Waals surface area contributed by atoms with E-state index >= 15 is 0 Å². The summed E-state index contributed by atoms with van der Waals surface area (Å²) in [6.07, 6.45) is 0. The van der Waals surface area contributed by atoms with E-state index in [1.165, 1.54) is 0 Å². The monoisotopic (exact) mass is 248 g/mol. The van der Waals surface area contributed by atoms with E-state index in [1.54, 1.807) is 18.4 Å². The lowest BCUT2D eigenvalue weighted by atomic mass is 10.5. The van der Waals surface area contributed by atoms with Crippen molar-refractivity contribution in [2.45, 2.75) is 6.54 Å². The van der Waals surface area contributed by atoms with Gasteiger partial charge in [-0.1, -0.05) is 0 Å². The molecule has 0 saturated carbocycles. The Bertz CT molecular complexity index is 274. The van der Waals surface area contributed by atoms with Crippen LogP contribution in [0.2, 0.25) is 0 Å². The van der Waals surface area contributed by atoms with Crippen LogP contribution in [-0.2, 0) is 6.54 Å². The molecule has 0 saturated heterocycles. The van der Waals surface area contributed by atoms with E-state index < -0.39 is 0 Å². The Morgan fingerprint density at radius 1 is 1.75 bits per heavy atom. The smallest absolute Gasteiger partial charge is 0.314 e. The number of carbonyl (C=O) groups is 1. The summed E-state index contributed by atoms with van der Waals surface area (Å²) in [6, 6.07) is 1.81. The van der Waals surface area contributed by atoms with E-state index in [2.05, 4.69) is 26.6 Å². The van der Waals surface area contributed by atoms with Gasteiger partial charge in [-0.15, -0.1) is 11.3 Å². The van der Waals surface area contributed by atoms with Crippen molar-refractivity contribution in [1.82, 2.24) is 10.6 Å². The number of hydrogen-bond acceptors (Lipinski definition) is 2. The first-order valence-electron chi connectivity index (χ1n) is 3.41. The van der Waals surface area contributed by atoms with Crippen molar-refractivity contribution in [3.05, 3.63) is 20.8 Å². The van der Waals surface area contributed by atoms with E-state index in [0.29, 0.717) is 6.54 Å². The standard InChI is InChI=1S/C7H9BrN2OS/c1-9-7(11)10-4-6-5(8)2-3-12-6/h2-3H,4H2,1H3,(H2,9,10,11). The fourth-order valence-corrected chi connectivity index (χ4v) is 2.13. The number of halogens is 1. The third-order valence-electron chi connectivity index (χ3n) is 1.33. The lowest BCUT2D eigenvalue weighted by Crippen LogP contribution is -2.31. The van der Waals surface area contributed by atoms with Crippen LogP contribution < -0.4 is 10.6 Å². The van der Waals surface area contributed by atoms with Crippen molar-refractivity contribution in [3.8, 4) is 0 Å². The fraction of sp³-hybridized carbons (Fsp3) is 0.286. The second kappa shape index (κ2) is 4.47. The maximum atomic E-state index is 10.8. The second-order valence-corrected chi connectivity index (χ2v) is 3.98. The molecule has 2 amide bonds. The van der Waals surface area contributed by atoms with Crippen LogP contribution in [0.5, 0.6) is 0 Å². The van der Waals surface area contributed by atoms with Gasteiger partial charge in [0.2, 0.25) is 0 Å². The van der Waals surface area contributed by atoms with Gasteiger partial charge in [-0.05, 0) is 27.4 Å². The quantitative estimate of drug-likeness (QED) is 0.826. The average molecular weight is 249 g/mol. The molecule has 1 heterocycles. The Morgan fingerprint density at radius 2 is 2.50 bits per heavy atom. The maximum absolute atomic E-state index is 10.8. The van der Waals surface area contributed by atoms with Crippen LogP contribution in [0.3, 0.4) is 0 Å². The molecule has 12 heavy (non-hydrogen) atoms. The first kappa shape index (κ1) is 9.54. The third kappa shape index (κ3) is 2.49. The molecule has 1 rings (SSSR count). The lowest BCUT2D eigenvalue weighted by Gasteiger charge is -2.01. The molecular formula is C7H9BrN2OS. The Morgan fingerprint density at radius 3 is 3.00 bits per heavy atom. The highest BCUT2D eigenvalue weighted by Gasteiger charge is 2.01. The predicted molar refractivity (Wildman–Crippen MR) is 53.3 cm³/mol. The molecule has 3 nitrogen and oxygen atoms in total. The van der Waals surface area contributed by atoms with Gasteiger partial charge in [-0.2, -0.15) is 0 Å². The highest BCUT2D eigenvalue weighted by atomic mass is 79.9. The number of thiophene rings is 1. The molecule has 0 aliphatic rings. The minimum Gasteiger partial charge on any atom is -0.341 e. The maximum Gasteiger partial charge on any atom is 0.314 e. The van der Waals surface area contributed by atoms with Crippen LogP contribution in [0.1, 0.15) is 4.88 Å².